The predicted molar refractivity (Wildman–Crippen MR) is 130 cm³/mol. The number of thioether (sulfide) groups is 1. The van der Waals surface area contributed by atoms with Crippen LogP contribution in [-0.4, -0.2) is 35.1 Å². The molecule has 2 aliphatic rings. The van der Waals surface area contributed by atoms with Crippen molar-refractivity contribution in [3.8, 4) is 17.6 Å². The molecule has 1 saturated heterocycles. The summed E-state index contributed by atoms with van der Waals surface area (Å²) in [6.45, 7) is 6.82. The van der Waals surface area contributed by atoms with Crippen molar-refractivity contribution in [2.45, 2.75) is 33.1 Å². The number of aromatic hydroxyl groups is 1. The van der Waals surface area contributed by atoms with Crippen LogP contribution in [0.3, 0.4) is 0 Å². The highest BCUT2D eigenvalue weighted by Crippen LogP contribution is 2.46. The molecule has 1 amide bonds. The number of benzene rings is 2. The van der Waals surface area contributed by atoms with Crippen LogP contribution >= 0.6 is 27.7 Å². The minimum Gasteiger partial charge on any atom is -0.503 e. The zero-order valence-corrected chi connectivity index (χ0v) is 20.6. The molecule has 0 radical (unpaired) electrons. The summed E-state index contributed by atoms with van der Waals surface area (Å²) >= 11 is 4.88. The molecule has 0 bridgehead atoms. The molecular formula is C24H24BrN3O3S. The molecule has 32 heavy (non-hydrogen) atoms. The van der Waals surface area contributed by atoms with Gasteiger partial charge in [0.05, 0.1) is 40.3 Å². The summed E-state index contributed by atoms with van der Waals surface area (Å²) in [7, 11) is 0. The predicted octanol–water partition coefficient (Wildman–Crippen LogP) is 5.39. The van der Waals surface area contributed by atoms with Crippen molar-refractivity contribution >= 4 is 39.3 Å². The summed E-state index contributed by atoms with van der Waals surface area (Å²) in [4.78, 5) is 17.1. The van der Waals surface area contributed by atoms with E-state index in [2.05, 4.69) is 58.9 Å². The lowest BCUT2D eigenvalue weighted by atomic mass is 9.86. The van der Waals surface area contributed by atoms with Gasteiger partial charge >= 0.3 is 0 Å². The molecule has 8 heteroatoms. The summed E-state index contributed by atoms with van der Waals surface area (Å²) in [5.41, 5.74) is 4.85. The van der Waals surface area contributed by atoms with Crippen LogP contribution in [0.2, 0.25) is 0 Å². The summed E-state index contributed by atoms with van der Waals surface area (Å²) in [5.74, 6) is 0.610. The number of hydrogen-bond acceptors (Lipinski definition) is 6. The van der Waals surface area contributed by atoms with Crippen LogP contribution in [0, 0.1) is 25.2 Å². The van der Waals surface area contributed by atoms with Crippen LogP contribution in [0.4, 0.5) is 5.69 Å². The molecule has 1 N–H and O–H groups in total. The number of phenolic OH excluding ortho intramolecular Hbond substituents is 1. The molecule has 0 aliphatic carbocycles. The Labute approximate surface area is 200 Å². The third-order valence-electron chi connectivity index (χ3n) is 5.90. The number of fused-ring (bicyclic) bond motifs is 1. The maximum Gasteiger partial charge on any atom is 0.229 e. The molecule has 2 heterocycles. The van der Waals surface area contributed by atoms with Crippen molar-refractivity contribution in [1.29, 1.82) is 5.26 Å². The average Bonchev–Trinajstić information content (AvgIpc) is 2.78. The van der Waals surface area contributed by atoms with Gasteiger partial charge < -0.3 is 14.7 Å². The van der Waals surface area contributed by atoms with E-state index in [0.29, 0.717) is 34.9 Å². The largest absolute Gasteiger partial charge is 0.503 e. The first-order chi connectivity index (χ1) is 15.3. The number of rotatable bonds is 4. The van der Waals surface area contributed by atoms with E-state index < -0.39 is 0 Å². The highest BCUT2D eigenvalue weighted by atomic mass is 79.9. The van der Waals surface area contributed by atoms with E-state index in [1.165, 1.54) is 22.9 Å². The Hall–Kier alpha value is -2.63. The maximum absolute atomic E-state index is 13.2. The zero-order valence-electron chi connectivity index (χ0n) is 18.2. The molecule has 2 aromatic carbocycles. The Morgan fingerprint density at radius 2 is 2.06 bits per heavy atom. The molecule has 0 spiro atoms. The van der Waals surface area contributed by atoms with Crippen molar-refractivity contribution in [3.05, 3.63) is 62.1 Å². The van der Waals surface area contributed by atoms with E-state index in [4.69, 9.17) is 4.74 Å². The van der Waals surface area contributed by atoms with Crippen LogP contribution in [0.5, 0.6) is 11.5 Å². The van der Waals surface area contributed by atoms with Crippen molar-refractivity contribution in [2.24, 2.45) is 0 Å². The normalized spacial score (nSPS) is 18.5. The van der Waals surface area contributed by atoms with Gasteiger partial charge in [0.2, 0.25) is 5.91 Å². The van der Waals surface area contributed by atoms with Crippen molar-refractivity contribution in [3.63, 3.8) is 0 Å². The Balaban J connectivity index is 1.68. The quantitative estimate of drug-likeness (QED) is 0.590. The maximum atomic E-state index is 13.2. The highest BCUT2D eigenvalue weighted by molar-refractivity contribution is 9.10. The number of anilines is 1. The second-order valence-corrected chi connectivity index (χ2v) is 9.70. The molecule has 0 saturated carbocycles. The molecule has 0 aromatic heterocycles. The van der Waals surface area contributed by atoms with E-state index >= 15 is 0 Å². The van der Waals surface area contributed by atoms with Crippen molar-refractivity contribution < 1.29 is 14.6 Å². The third kappa shape index (κ3) is 4.07. The van der Waals surface area contributed by atoms with Gasteiger partial charge in [-0.3, -0.25) is 9.69 Å². The Bertz CT molecular complexity index is 1160. The number of carbonyl (C=O) groups excluding carboxylic acids is 1. The molecule has 2 aliphatic heterocycles. The Morgan fingerprint density at radius 3 is 2.75 bits per heavy atom. The standard InChI is InChI=1S/C24H24BrN3O3S/c1-4-31-21-9-16(8-20(25)23(21)30)18-10-22(29)28-12-27(13-32-24(28)19(18)11-26)17-6-5-14(2)15(3)7-17/h5-9,18,30H,4,10,12-13H2,1-3H3/t18-/m1/s1. The molecule has 1 atom stereocenters. The van der Waals surface area contributed by atoms with Crippen molar-refractivity contribution in [1.82, 2.24) is 4.90 Å². The van der Waals surface area contributed by atoms with Crippen molar-refractivity contribution in [2.75, 3.05) is 24.1 Å². The van der Waals surface area contributed by atoms with Crippen LogP contribution in [0.15, 0.2) is 45.4 Å². The number of carbonyl (C=O) groups is 1. The first-order valence-electron chi connectivity index (χ1n) is 10.4. The van der Waals surface area contributed by atoms with E-state index in [-0.39, 0.29) is 24.0 Å². The fourth-order valence-corrected chi connectivity index (χ4v) is 5.62. The van der Waals surface area contributed by atoms with Gasteiger partial charge in [-0.25, -0.2) is 0 Å². The topological polar surface area (TPSA) is 76.8 Å². The number of amides is 1. The number of allylic oxidation sites excluding steroid dienone is 1. The fraction of sp³-hybridized carbons (Fsp3) is 0.333. The van der Waals surface area contributed by atoms with Crippen LogP contribution in [-0.2, 0) is 4.79 Å². The number of ether oxygens (including phenoxy) is 1. The molecule has 0 unspecified atom stereocenters. The van der Waals surface area contributed by atoms with Crippen LogP contribution in [0.1, 0.15) is 36.0 Å². The van der Waals surface area contributed by atoms with E-state index in [1.54, 1.807) is 17.0 Å². The summed E-state index contributed by atoms with van der Waals surface area (Å²) in [6.07, 6.45) is 0.191. The molecule has 2 aromatic rings. The molecule has 4 rings (SSSR count). The van der Waals surface area contributed by atoms with Gasteiger partial charge in [0.25, 0.3) is 0 Å². The second kappa shape index (κ2) is 9.08. The van der Waals surface area contributed by atoms with Crippen LogP contribution in [0.25, 0.3) is 0 Å². The second-order valence-electron chi connectivity index (χ2n) is 7.91. The highest BCUT2D eigenvalue weighted by Gasteiger charge is 2.38. The lowest BCUT2D eigenvalue weighted by Crippen LogP contribution is -2.47. The number of hydrogen-bond donors (Lipinski definition) is 1. The van der Waals surface area contributed by atoms with E-state index in [9.17, 15) is 15.2 Å². The smallest absolute Gasteiger partial charge is 0.229 e. The van der Waals surface area contributed by atoms with Gasteiger partial charge in [-0.05, 0) is 77.7 Å². The summed E-state index contributed by atoms with van der Waals surface area (Å²) in [6, 6.07) is 12.1. The minimum absolute atomic E-state index is 0.0154. The first-order valence-corrected chi connectivity index (χ1v) is 12.2. The van der Waals surface area contributed by atoms with Gasteiger partial charge in [0, 0.05) is 18.0 Å². The molecule has 166 valence electrons. The fourth-order valence-electron chi connectivity index (χ4n) is 3.99. The van der Waals surface area contributed by atoms with Gasteiger partial charge in [-0.15, -0.1) is 0 Å². The summed E-state index contributed by atoms with van der Waals surface area (Å²) < 4.78 is 6.03. The molecule has 6 nitrogen and oxygen atoms in total. The van der Waals surface area contributed by atoms with E-state index in [0.717, 1.165) is 16.3 Å². The average molecular weight is 514 g/mol. The monoisotopic (exact) mass is 513 g/mol. The van der Waals surface area contributed by atoms with Crippen LogP contribution < -0.4 is 9.64 Å². The SMILES string of the molecule is CCOc1cc([C@H]2CC(=O)N3CN(c4ccc(C)c(C)c4)CSC3=C2C#N)cc(Br)c1O. The number of nitriles is 1. The molecular weight excluding hydrogens is 490 g/mol. The number of halogens is 1. The lowest BCUT2D eigenvalue weighted by Gasteiger charge is -2.42. The Kier molecular flexibility index (Phi) is 6.40. The molecule has 1 fully saturated rings. The van der Waals surface area contributed by atoms with E-state index in [1.807, 2.05) is 6.92 Å². The zero-order chi connectivity index (χ0) is 23.0. The number of aryl methyl sites for hydroxylation is 2. The third-order valence-corrected chi connectivity index (χ3v) is 7.66. The number of phenols is 1. The first kappa shape index (κ1) is 22.6. The van der Waals surface area contributed by atoms with Gasteiger partial charge in [0.15, 0.2) is 11.5 Å². The van der Waals surface area contributed by atoms with Gasteiger partial charge in [-0.1, -0.05) is 17.8 Å². The number of nitrogens with zero attached hydrogens (tertiary/aromatic N) is 3. The summed E-state index contributed by atoms with van der Waals surface area (Å²) in [5, 5.41) is 21.0. The van der Waals surface area contributed by atoms with Gasteiger partial charge in [0.1, 0.15) is 0 Å². The lowest BCUT2D eigenvalue weighted by molar-refractivity contribution is -0.129. The minimum atomic E-state index is -0.379. The Morgan fingerprint density at radius 1 is 1.28 bits per heavy atom. The van der Waals surface area contributed by atoms with Gasteiger partial charge in [-0.2, -0.15) is 5.26 Å².